The Hall–Kier alpha value is -2.39. The largest absolute Gasteiger partial charge is 0.326 e. The zero-order valence-electron chi connectivity index (χ0n) is 20.2. The molecule has 2 heterocycles. The van der Waals surface area contributed by atoms with Crippen LogP contribution in [0.15, 0.2) is 39.3 Å². The highest BCUT2D eigenvalue weighted by Crippen LogP contribution is 2.31. The van der Waals surface area contributed by atoms with Crippen molar-refractivity contribution < 1.29 is 14.4 Å². The van der Waals surface area contributed by atoms with Gasteiger partial charge in [-0.25, -0.2) is 4.79 Å². The standard InChI is InChI=1S/C26H30Br2N4O3/c1-15-14-19(8-9-20(15)28)31-10-4-6-21(24(31)33)29-26(35)30-22-7-5-11-32(25(22)34)23-16(2)12-18(27)13-17(23)3/h8-9,12-14,21-22H,4-7,10-11H2,1-3H3,(H2,29,30,35). The number of piperidine rings is 2. The Morgan fingerprint density at radius 1 is 0.829 bits per heavy atom. The second kappa shape index (κ2) is 10.7. The Morgan fingerprint density at radius 2 is 1.37 bits per heavy atom. The van der Waals surface area contributed by atoms with Gasteiger partial charge in [0.2, 0.25) is 11.8 Å². The van der Waals surface area contributed by atoms with E-state index in [9.17, 15) is 14.4 Å². The van der Waals surface area contributed by atoms with Crippen LogP contribution < -0.4 is 20.4 Å². The minimum Gasteiger partial charge on any atom is -0.326 e. The number of hydrogen-bond donors (Lipinski definition) is 2. The van der Waals surface area contributed by atoms with Gasteiger partial charge in [-0.3, -0.25) is 9.59 Å². The van der Waals surface area contributed by atoms with Crippen molar-refractivity contribution in [3.8, 4) is 0 Å². The molecule has 2 aliphatic rings. The Bertz CT molecular complexity index is 1150. The normalized spacial score (nSPS) is 20.7. The number of nitrogens with zero attached hydrogens (tertiary/aromatic N) is 2. The Morgan fingerprint density at radius 3 is 1.94 bits per heavy atom. The molecule has 186 valence electrons. The molecule has 0 spiro atoms. The molecule has 9 heteroatoms. The van der Waals surface area contributed by atoms with Crippen LogP contribution >= 0.6 is 31.9 Å². The number of carbonyl (C=O) groups is 3. The van der Waals surface area contributed by atoms with Crippen molar-refractivity contribution >= 4 is 61.1 Å². The first kappa shape index (κ1) is 25.7. The molecule has 2 fully saturated rings. The number of halogens is 2. The van der Waals surface area contributed by atoms with Crippen molar-refractivity contribution in [2.45, 2.75) is 58.5 Å². The molecule has 7 nitrogen and oxygen atoms in total. The molecule has 0 aliphatic carbocycles. The van der Waals surface area contributed by atoms with E-state index >= 15 is 0 Å². The molecule has 35 heavy (non-hydrogen) atoms. The lowest BCUT2D eigenvalue weighted by atomic mass is 10.0. The average Bonchev–Trinajstić information content (AvgIpc) is 2.79. The van der Waals surface area contributed by atoms with Crippen molar-refractivity contribution in [3.05, 3.63) is 56.0 Å². The molecule has 0 radical (unpaired) electrons. The molecular formula is C26H30Br2N4O3. The molecule has 0 saturated carbocycles. The maximum Gasteiger partial charge on any atom is 0.316 e. The highest BCUT2D eigenvalue weighted by atomic mass is 79.9. The molecular weight excluding hydrogens is 576 g/mol. The van der Waals surface area contributed by atoms with E-state index in [0.717, 1.165) is 49.9 Å². The van der Waals surface area contributed by atoms with Gasteiger partial charge in [0.1, 0.15) is 12.1 Å². The van der Waals surface area contributed by atoms with Crippen molar-refractivity contribution in [1.82, 2.24) is 10.6 Å². The summed E-state index contributed by atoms with van der Waals surface area (Å²) in [7, 11) is 0. The van der Waals surface area contributed by atoms with Gasteiger partial charge in [-0.1, -0.05) is 31.9 Å². The van der Waals surface area contributed by atoms with E-state index in [1.54, 1.807) is 9.80 Å². The van der Waals surface area contributed by atoms with Crippen molar-refractivity contribution in [1.29, 1.82) is 0 Å². The Labute approximate surface area is 222 Å². The fourth-order valence-corrected chi connectivity index (χ4v) is 5.91. The first-order chi connectivity index (χ1) is 16.7. The van der Waals surface area contributed by atoms with E-state index in [0.29, 0.717) is 25.9 Å². The van der Waals surface area contributed by atoms with Gasteiger partial charge in [0, 0.05) is 33.4 Å². The second-order valence-corrected chi connectivity index (χ2v) is 11.1. The van der Waals surface area contributed by atoms with Crippen LogP contribution in [0.5, 0.6) is 0 Å². The van der Waals surface area contributed by atoms with Crippen LogP contribution in [0.1, 0.15) is 42.4 Å². The molecule has 2 unspecified atom stereocenters. The van der Waals surface area contributed by atoms with Gasteiger partial charge in [0.25, 0.3) is 0 Å². The molecule has 2 aliphatic heterocycles. The van der Waals surface area contributed by atoms with Crippen LogP contribution in [-0.2, 0) is 9.59 Å². The third-order valence-corrected chi connectivity index (χ3v) is 8.01. The van der Waals surface area contributed by atoms with Crippen molar-refractivity contribution in [3.63, 3.8) is 0 Å². The predicted octanol–water partition coefficient (Wildman–Crippen LogP) is 5.13. The number of anilines is 2. The van der Waals surface area contributed by atoms with E-state index < -0.39 is 18.1 Å². The van der Waals surface area contributed by atoms with Gasteiger partial charge < -0.3 is 20.4 Å². The molecule has 2 saturated heterocycles. The highest BCUT2D eigenvalue weighted by molar-refractivity contribution is 9.10. The molecule has 2 aromatic carbocycles. The molecule has 4 amide bonds. The van der Waals surface area contributed by atoms with Crippen molar-refractivity contribution in [2.24, 2.45) is 0 Å². The van der Waals surface area contributed by atoms with Crippen LogP contribution in [0, 0.1) is 20.8 Å². The van der Waals surface area contributed by atoms with E-state index in [-0.39, 0.29) is 11.8 Å². The van der Waals surface area contributed by atoms with Crippen LogP contribution in [0.2, 0.25) is 0 Å². The van der Waals surface area contributed by atoms with Crippen molar-refractivity contribution in [2.75, 3.05) is 22.9 Å². The summed E-state index contributed by atoms with van der Waals surface area (Å²) in [6.45, 7) is 7.17. The van der Waals surface area contributed by atoms with E-state index in [2.05, 4.69) is 42.5 Å². The van der Waals surface area contributed by atoms with Crippen LogP contribution in [-0.4, -0.2) is 43.0 Å². The topological polar surface area (TPSA) is 81.8 Å². The first-order valence-electron chi connectivity index (χ1n) is 11.9. The number of benzene rings is 2. The second-order valence-electron chi connectivity index (χ2n) is 9.31. The number of carbonyl (C=O) groups excluding carboxylic acids is 3. The number of amides is 4. The van der Waals surface area contributed by atoms with Crippen LogP contribution in [0.25, 0.3) is 0 Å². The number of aryl methyl sites for hydroxylation is 3. The lowest BCUT2D eigenvalue weighted by molar-refractivity contribution is -0.121. The number of rotatable bonds is 4. The summed E-state index contributed by atoms with van der Waals surface area (Å²) in [6.07, 6.45) is 2.70. The van der Waals surface area contributed by atoms with Gasteiger partial charge >= 0.3 is 6.03 Å². The smallest absolute Gasteiger partial charge is 0.316 e. The van der Waals surface area contributed by atoms with Gasteiger partial charge in [0.15, 0.2) is 0 Å². The summed E-state index contributed by atoms with van der Waals surface area (Å²) in [5, 5.41) is 5.65. The summed E-state index contributed by atoms with van der Waals surface area (Å²) in [6, 6.07) is 8.04. The maximum absolute atomic E-state index is 13.3. The summed E-state index contributed by atoms with van der Waals surface area (Å²) in [4.78, 5) is 42.8. The molecule has 0 bridgehead atoms. The predicted molar refractivity (Wildman–Crippen MR) is 145 cm³/mol. The SMILES string of the molecule is Cc1cc(N2CCCC(NC(=O)NC3CCCN(c4c(C)cc(Br)cc4C)C3=O)C2=O)ccc1Br. The number of hydrogen-bond acceptors (Lipinski definition) is 3. The molecule has 2 N–H and O–H groups in total. The number of urea groups is 1. The molecule has 4 rings (SSSR count). The van der Waals surface area contributed by atoms with Gasteiger partial charge in [-0.05, 0) is 93.5 Å². The van der Waals surface area contributed by atoms with E-state index in [1.807, 2.05) is 51.1 Å². The Balaban J connectivity index is 1.42. The average molecular weight is 606 g/mol. The highest BCUT2D eigenvalue weighted by Gasteiger charge is 2.35. The fraction of sp³-hybridized carbons (Fsp3) is 0.423. The lowest BCUT2D eigenvalue weighted by Crippen LogP contribution is -2.59. The zero-order valence-corrected chi connectivity index (χ0v) is 23.3. The minimum atomic E-state index is -0.630. The monoisotopic (exact) mass is 604 g/mol. The van der Waals surface area contributed by atoms with Gasteiger partial charge in [0.05, 0.1) is 0 Å². The quantitative estimate of drug-likeness (QED) is 0.507. The summed E-state index contributed by atoms with van der Waals surface area (Å²) >= 11 is 7.00. The molecule has 2 aromatic rings. The fourth-order valence-electron chi connectivity index (χ4n) is 4.98. The Kier molecular flexibility index (Phi) is 7.86. The van der Waals surface area contributed by atoms with Crippen LogP contribution in [0.4, 0.5) is 16.2 Å². The summed E-state index contributed by atoms with van der Waals surface area (Å²) < 4.78 is 1.96. The van der Waals surface area contributed by atoms with Gasteiger partial charge in [-0.2, -0.15) is 0 Å². The van der Waals surface area contributed by atoms with Gasteiger partial charge in [-0.15, -0.1) is 0 Å². The number of nitrogens with one attached hydrogen (secondary N) is 2. The third kappa shape index (κ3) is 5.56. The van der Waals surface area contributed by atoms with Crippen LogP contribution in [0.3, 0.4) is 0 Å². The lowest BCUT2D eigenvalue weighted by Gasteiger charge is -2.35. The first-order valence-corrected chi connectivity index (χ1v) is 13.5. The zero-order chi connectivity index (χ0) is 25.3. The molecule has 0 aromatic heterocycles. The third-order valence-electron chi connectivity index (χ3n) is 6.67. The molecule has 2 atom stereocenters. The summed E-state index contributed by atoms with van der Waals surface area (Å²) in [5.74, 6) is -0.257. The van der Waals surface area contributed by atoms with E-state index in [4.69, 9.17) is 0 Å². The minimum absolute atomic E-state index is 0.123. The summed E-state index contributed by atoms with van der Waals surface area (Å²) in [5.41, 5.74) is 4.77. The van der Waals surface area contributed by atoms with E-state index in [1.165, 1.54) is 0 Å². The maximum atomic E-state index is 13.3.